The molecule has 1 N–H and O–H groups in total. The molecule has 1 heterocycles. The van der Waals surface area contributed by atoms with Crippen molar-refractivity contribution in [2.45, 2.75) is 71.3 Å². The molecule has 0 saturated heterocycles. The Bertz CT molecular complexity index is 1100. The topological polar surface area (TPSA) is 67.2 Å². The average Bonchev–Trinajstić information content (AvgIpc) is 3.24. The third-order valence-corrected chi connectivity index (χ3v) is 7.06. The van der Waals surface area contributed by atoms with Crippen molar-refractivity contribution in [2.24, 2.45) is 5.92 Å². The molecule has 35 heavy (non-hydrogen) atoms. The van der Waals surface area contributed by atoms with Gasteiger partial charge in [0.2, 0.25) is 11.8 Å². The molecular formula is C29H38N4O2. The smallest absolute Gasteiger partial charge is 0.246 e. The number of imidazole rings is 1. The van der Waals surface area contributed by atoms with Crippen molar-refractivity contribution in [1.82, 2.24) is 14.9 Å². The number of hydrogen-bond donors (Lipinski definition) is 1. The van der Waals surface area contributed by atoms with E-state index in [4.69, 9.17) is 4.98 Å². The molecule has 1 aromatic heterocycles. The van der Waals surface area contributed by atoms with E-state index in [0.717, 1.165) is 67.6 Å². The highest BCUT2D eigenvalue weighted by molar-refractivity contribution is 5.94. The lowest BCUT2D eigenvalue weighted by Gasteiger charge is -2.22. The number of rotatable bonds is 11. The first-order chi connectivity index (χ1) is 17.2. The summed E-state index contributed by atoms with van der Waals surface area (Å²) in [7, 11) is 0. The molecule has 1 aliphatic rings. The lowest BCUT2D eigenvalue weighted by atomic mass is 9.89. The van der Waals surface area contributed by atoms with Crippen molar-refractivity contribution in [3.05, 3.63) is 60.4 Å². The highest BCUT2D eigenvalue weighted by Crippen LogP contribution is 2.24. The number of hydrogen-bond acceptors (Lipinski definition) is 3. The van der Waals surface area contributed by atoms with Crippen LogP contribution < -0.4 is 10.2 Å². The predicted molar refractivity (Wildman–Crippen MR) is 141 cm³/mol. The minimum Gasteiger partial charge on any atom is -0.356 e. The number of aryl methyl sites for hydroxylation is 1. The molecule has 1 fully saturated rings. The van der Waals surface area contributed by atoms with Gasteiger partial charge in [0, 0.05) is 31.1 Å². The molecule has 2 amide bonds. The van der Waals surface area contributed by atoms with Crippen LogP contribution in [0.15, 0.2) is 54.6 Å². The van der Waals surface area contributed by atoms with Crippen molar-refractivity contribution in [2.75, 3.05) is 18.0 Å². The number of para-hydroxylation sites is 3. The Kier molecular flexibility index (Phi) is 8.93. The lowest BCUT2D eigenvalue weighted by Crippen LogP contribution is -2.34. The van der Waals surface area contributed by atoms with E-state index in [1.807, 2.05) is 66.4 Å². The first kappa shape index (κ1) is 25.0. The van der Waals surface area contributed by atoms with Crippen LogP contribution in [0.2, 0.25) is 0 Å². The van der Waals surface area contributed by atoms with Crippen molar-refractivity contribution in [1.29, 1.82) is 0 Å². The van der Waals surface area contributed by atoms with Crippen LogP contribution in [0.4, 0.5) is 5.69 Å². The summed E-state index contributed by atoms with van der Waals surface area (Å²) < 4.78 is 2.08. The quantitative estimate of drug-likeness (QED) is 0.373. The van der Waals surface area contributed by atoms with E-state index in [0.29, 0.717) is 6.54 Å². The normalized spacial score (nSPS) is 14.2. The van der Waals surface area contributed by atoms with Crippen LogP contribution in [0.5, 0.6) is 0 Å². The van der Waals surface area contributed by atoms with Gasteiger partial charge in [0.15, 0.2) is 0 Å². The van der Waals surface area contributed by atoms with Gasteiger partial charge in [-0.1, -0.05) is 56.0 Å². The van der Waals surface area contributed by atoms with Crippen LogP contribution in [0.25, 0.3) is 11.0 Å². The highest BCUT2D eigenvalue weighted by atomic mass is 16.2. The van der Waals surface area contributed by atoms with Gasteiger partial charge in [0.1, 0.15) is 12.4 Å². The molecule has 186 valence electrons. The number of unbranched alkanes of at least 4 members (excludes halogenated alkanes) is 2. The summed E-state index contributed by atoms with van der Waals surface area (Å²) >= 11 is 0. The minimum atomic E-state index is 0.0635. The van der Waals surface area contributed by atoms with Crippen molar-refractivity contribution < 1.29 is 9.59 Å². The van der Waals surface area contributed by atoms with E-state index < -0.39 is 0 Å². The number of likely N-dealkylation sites (N-methyl/N-ethyl adjacent to an activating group) is 1. The largest absolute Gasteiger partial charge is 0.356 e. The predicted octanol–water partition coefficient (Wildman–Crippen LogP) is 5.50. The number of aromatic nitrogens is 2. The number of carbonyl (C=O) groups excluding carboxylic acids is 2. The molecule has 4 rings (SSSR count). The molecule has 0 aliphatic heterocycles. The third kappa shape index (κ3) is 6.50. The fourth-order valence-electron chi connectivity index (χ4n) is 5.13. The molecule has 2 aromatic carbocycles. The van der Waals surface area contributed by atoms with Crippen molar-refractivity contribution in [3.63, 3.8) is 0 Å². The molecule has 0 spiro atoms. The van der Waals surface area contributed by atoms with E-state index in [1.54, 1.807) is 0 Å². The number of nitrogens with zero attached hydrogens (tertiary/aromatic N) is 3. The van der Waals surface area contributed by atoms with Gasteiger partial charge >= 0.3 is 0 Å². The Morgan fingerprint density at radius 1 is 0.971 bits per heavy atom. The number of benzene rings is 2. The van der Waals surface area contributed by atoms with Crippen LogP contribution in [-0.4, -0.2) is 34.5 Å². The second-order valence-electron chi connectivity index (χ2n) is 9.51. The standard InChI is InChI=1S/C29H38N4O2/c1-2-32(24-16-8-4-9-17-24)28(34)22-33-26-19-12-11-18-25(26)31-27(33)20-10-5-13-21-30-29(35)23-14-6-3-7-15-23/h4,8-9,11-12,16-19,23H,2-3,5-7,10,13-15,20-22H2,1H3,(H,30,35). The van der Waals surface area contributed by atoms with Crippen LogP contribution in [0.3, 0.4) is 0 Å². The van der Waals surface area contributed by atoms with Gasteiger partial charge in [-0.2, -0.15) is 0 Å². The first-order valence-electron chi connectivity index (χ1n) is 13.2. The minimum absolute atomic E-state index is 0.0635. The van der Waals surface area contributed by atoms with Crippen LogP contribution in [-0.2, 0) is 22.6 Å². The lowest BCUT2D eigenvalue weighted by molar-refractivity contribution is -0.126. The third-order valence-electron chi connectivity index (χ3n) is 7.06. The summed E-state index contributed by atoms with van der Waals surface area (Å²) in [4.78, 5) is 32.3. The highest BCUT2D eigenvalue weighted by Gasteiger charge is 2.21. The fraction of sp³-hybridized carbons (Fsp3) is 0.483. The molecular weight excluding hydrogens is 436 g/mol. The van der Waals surface area contributed by atoms with Crippen LogP contribution in [0, 0.1) is 5.92 Å². The summed E-state index contributed by atoms with van der Waals surface area (Å²) in [5.74, 6) is 1.48. The van der Waals surface area contributed by atoms with Gasteiger partial charge in [-0.25, -0.2) is 4.98 Å². The van der Waals surface area contributed by atoms with Crippen molar-refractivity contribution >= 4 is 28.5 Å². The Labute approximate surface area is 208 Å². The summed E-state index contributed by atoms with van der Waals surface area (Å²) in [5.41, 5.74) is 2.85. The summed E-state index contributed by atoms with van der Waals surface area (Å²) in [6, 6.07) is 17.9. The number of fused-ring (bicyclic) bond motifs is 1. The van der Waals surface area contributed by atoms with Gasteiger partial charge < -0.3 is 14.8 Å². The van der Waals surface area contributed by atoms with Gasteiger partial charge in [-0.3, -0.25) is 9.59 Å². The number of anilines is 1. The average molecular weight is 475 g/mol. The maximum atomic E-state index is 13.3. The SMILES string of the molecule is CCN(C(=O)Cn1c(CCCCCNC(=O)C2CCCCC2)nc2ccccc21)c1ccccc1. The Balaban J connectivity index is 1.33. The number of nitrogens with one attached hydrogen (secondary N) is 1. The second-order valence-corrected chi connectivity index (χ2v) is 9.51. The van der Waals surface area contributed by atoms with Crippen LogP contribution >= 0.6 is 0 Å². The monoisotopic (exact) mass is 474 g/mol. The molecule has 1 saturated carbocycles. The van der Waals surface area contributed by atoms with E-state index >= 15 is 0 Å². The summed E-state index contributed by atoms with van der Waals surface area (Å²) in [5, 5.41) is 3.13. The maximum Gasteiger partial charge on any atom is 0.246 e. The molecule has 0 atom stereocenters. The molecule has 1 aliphatic carbocycles. The van der Waals surface area contributed by atoms with E-state index in [-0.39, 0.29) is 24.3 Å². The van der Waals surface area contributed by atoms with Gasteiger partial charge in [-0.05, 0) is 56.9 Å². The summed E-state index contributed by atoms with van der Waals surface area (Å²) in [6.07, 6.45) is 9.50. The van der Waals surface area contributed by atoms with Gasteiger partial charge in [0.25, 0.3) is 0 Å². The molecule has 6 nitrogen and oxygen atoms in total. The van der Waals surface area contributed by atoms with E-state index in [2.05, 4.69) is 9.88 Å². The van der Waals surface area contributed by atoms with Crippen molar-refractivity contribution in [3.8, 4) is 0 Å². The molecule has 0 unspecified atom stereocenters. The van der Waals surface area contributed by atoms with Crippen LogP contribution in [0.1, 0.15) is 64.1 Å². The molecule has 0 bridgehead atoms. The zero-order valence-electron chi connectivity index (χ0n) is 20.9. The van der Waals surface area contributed by atoms with Gasteiger partial charge in [-0.15, -0.1) is 0 Å². The Hall–Kier alpha value is -3.15. The molecule has 0 radical (unpaired) electrons. The Morgan fingerprint density at radius 3 is 2.49 bits per heavy atom. The second kappa shape index (κ2) is 12.5. The number of amides is 2. The van der Waals surface area contributed by atoms with Gasteiger partial charge in [0.05, 0.1) is 11.0 Å². The number of carbonyl (C=O) groups is 2. The zero-order chi connectivity index (χ0) is 24.5. The zero-order valence-corrected chi connectivity index (χ0v) is 20.9. The van der Waals surface area contributed by atoms with E-state index in [1.165, 1.54) is 19.3 Å². The molecule has 6 heteroatoms. The Morgan fingerprint density at radius 2 is 1.71 bits per heavy atom. The van der Waals surface area contributed by atoms with E-state index in [9.17, 15) is 9.59 Å². The molecule has 3 aromatic rings. The fourth-order valence-corrected chi connectivity index (χ4v) is 5.13. The first-order valence-corrected chi connectivity index (χ1v) is 13.2. The summed E-state index contributed by atoms with van der Waals surface area (Å²) in [6.45, 7) is 3.64. The maximum absolute atomic E-state index is 13.3.